The predicted molar refractivity (Wildman–Crippen MR) is 78.2 cm³/mol. The normalized spacial score (nSPS) is 13.7. The van der Waals surface area contributed by atoms with E-state index in [2.05, 4.69) is 19.2 Å². The third kappa shape index (κ3) is 6.96. The van der Waals surface area contributed by atoms with Crippen molar-refractivity contribution in [2.75, 3.05) is 13.1 Å². The molecule has 0 spiro atoms. The van der Waals surface area contributed by atoms with Gasteiger partial charge in [0.2, 0.25) is 0 Å². The van der Waals surface area contributed by atoms with E-state index in [0.717, 1.165) is 37.6 Å². The van der Waals surface area contributed by atoms with Crippen molar-refractivity contribution in [3.63, 3.8) is 0 Å². The second kappa shape index (κ2) is 8.39. The number of ether oxygens (including phenoxy) is 1. The number of halogens is 3. The minimum Gasteiger partial charge on any atom is -0.364 e. The minimum absolute atomic E-state index is 0.0129. The first kappa shape index (κ1) is 18.0. The van der Waals surface area contributed by atoms with Gasteiger partial charge < -0.3 is 10.1 Å². The molecule has 120 valence electrons. The highest BCUT2D eigenvalue weighted by molar-refractivity contribution is 5.26. The van der Waals surface area contributed by atoms with Crippen LogP contribution in [0.1, 0.15) is 31.9 Å². The molecule has 0 saturated carbocycles. The molecule has 0 amide bonds. The number of alkyl halides is 3. The second-order valence-electron chi connectivity index (χ2n) is 5.61. The zero-order chi connectivity index (χ0) is 15.9. The van der Waals surface area contributed by atoms with Crippen molar-refractivity contribution in [1.29, 1.82) is 0 Å². The lowest BCUT2D eigenvalue weighted by Crippen LogP contribution is -2.28. The monoisotopic (exact) mass is 303 g/mol. The molecule has 1 aromatic carbocycles. The molecule has 0 radical (unpaired) electrons. The van der Waals surface area contributed by atoms with Crippen LogP contribution in [-0.4, -0.2) is 25.4 Å². The first-order chi connectivity index (χ1) is 9.80. The van der Waals surface area contributed by atoms with Gasteiger partial charge in [0, 0.05) is 0 Å². The predicted octanol–water partition coefficient (Wildman–Crippen LogP) is 3.94. The summed E-state index contributed by atoms with van der Waals surface area (Å²) in [5.74, 6) is 0.580. The summed E-state index contributed by atoms with van der Waals surface area (Å²) in [7, 11) is 0. The molecule has 2 nitrogen and oxygen atoms in total. The lowest BCUT2D eigenvalue weighted by Gasteiger charge is -2.18. The first-order valence-corrected chi connectivity index (χ1v) is 7.26. The number of hydrogen-bond donors (Lipinski definition) is 1. The Balaban J connectivity index is 2.51. The lowest BCUT2D eigenvalue weighted by molar-refractivity contribution is -0.217. The van der Waals surface area contributed by atoms with Crippen molar-refractivity contribution in [2.45, 2.75) is 46.1 Å². The highest BCUT2D eigenvalue weighted by Crippen LogP contribution is 2.23. The molecule has 1 atom stereocenters. The second-order valence-corrected chi connectivity index (χ2v) is 5.61. The lowest BCUT2D eigenvalue weighted by atomic mass is 10.1. The Morgan fingerprint density at radius 3 is 2.29 bits per heavy atom. The smallest absolute Gasteiger partial charge is 0.364 e. The fourth-order valence-corrected chi connectivity index (χ4v) is 1.87. The standard InChI is InChI=1S/C16H24F3NO/c1-12(2)10-20-9-8-14-6-4-5-7-15(14)11-21-13(3)16(17,18)19/h4-7,12-13,20H,8-11H2,1-3H3. The van der Waals surface area contributed by atoms with Crippen molar-refractivity contribution < 1.29 is 17.9 Å². The van der Waals surface area contributed by atoms with Gasteiger partial charge in [0.15, 0.2) is 6.10 Å². The molecule has 0 saturated heterocycles. The SMILES string of the molecule is CC(C)CNCCc1ccccc1COC(C)C(F)(F)F. The van der Waals surface area contributed by atoms with Crippen LogP contribution < -0.4 is 5.32 Å². The number of hydrogen-bond acceptors (Lipinski definition) is 2. The van der Waals surface area contributed by atoms with Crippen molar-refractivity contribution in [1.82, 2.24) is 5.32 Å². The molecule has 1 unspecified atom stereocenters. The molecule has 0 aliphatic carbocycles. The quantitative estimate of drug-likeness (QED) is 0.734. The van der Waals surface area contributed by atoms with Crippen molar-refractivity contribution >= 4 is 0 Å². The number of rotatable bonds is 8. The van der Waals surface area contributed by atoms with Gasteiger partial charge in [-0.3, -0.25) is 0 Å². The zero-order valence-electron chi connectivity index (χ0n) is 12.8. The Kier molecular flexibility index (Phi) is 7.18. The van der Waals surface area contributed by atoms with Crippen molar-refractivity contribution in [3.05, 3.63) is 35.4 Å². The van der Waals surface area contributed by atoms with E-state index < -0.39 is 12.3 Å². The molecule has 0 bridgehead atoms. The van der Waals surface area contributed by atoms with E-state index in [9.17, 15) is 13.2 Å². The van der Waals surface area contributed by atoms with Crippen molar-refractivity contribution in [2.24, 2.45) is 5.92 Å². The molecule has 0 aliphatic rings. The van der Waals surface area contributed by atoms with E-state index in [1.807, 2.05) is 24.3 Å². The fourth-order valence-electron chi connectivity index (χ4n) is 1.87. The fraction of sp³-hybridized carbons (Fsp3) is 0.625. The average Bonchev–Trinajstić information content (AvgIpc) is 2.40. The summed E-state index contributed by atoms with van der Waals surface area (Å²) in [6, 6.07) is 7.48. The van der Waals surface area contributed by atoms with E-state index in [0.29, 0.717) is 5.92 Å². The highest BCUT2D eigenvalue weighted by atomic mass is 19.4. The topological polar surface area (TPSA) is 21.3 Å². The molecular formula is C16H24F3NO. The average molecular weight is 303 g/mol. The van der Waals surface area contributed by atoms with E-state index in [-0.39, 0.29) is 6.61 Å². The van der Waals surface area contributed by atoms with Gasteiger partial charge in [-0.25, -0.2) is 0 Å². The third-order valence-electron chi connectivity index (χ3n) is 3.19. The van der Waals surface area contributed by atoms with Gasteiger partial charge in [-0.05, 0) is 43.5 Å². The van der Waals surface area contributed by atoms with Crippen LogP contribution >= 0.6 is 0 Å². The number of nitrogens with one attached hydrogen (secondary N) is 1. The van der Waals surface area contributed by atoms with Gasteiger partial charge >= 0.3 is 6.18 Å². The molecule has 1 aromatic rings. The van der Waals surface area contributed by atoms with Crippen LogP contribution in [0.25, 0.3) is 0 Å². The largest absolute Gasteiger partial charge is 0.414 e. The molecular weight excluding hydrogens is 279 g/mol. The summed E-state index contributed by atoms with van der Waals surface area (Å²) in [6.07, 6.45) is -5.27. The molecule has 1 N–H and O–H groups in total. The Morgan fingerprint density at radius 1 is 1.10 bits per heavy atom. The maximum Gasteiger partial charge on any atom is 0.414 e. The van der Waals surface area contributed by atoms with Crippen LogP contribution in [0, 0.1) is 5.92 Å². The molecule has 5 heteroatoms. The van der Waals surface area contributed by atoms with Gasteiger partial charge in [-0.15, -0.1) is 0 Å². The van der Waals surface area contributed by atoms with Gasteiger partial charge in [-0.2, -0.15) is 13.2 Å². The summed E-state index contributed by atoms with van der Waals surface area (Å²) >= 11 is 0. The summed E-state index contributed by atoms with van der Waals surface area (Å²) in [5.41, 5.74) is 1.85. The summed E-state index contributed by atoms with van der Waals surface area (Å²) in [4.78, 5) is 0. The Labute approximate surface area is 124 Å². The van der Waals surface area contributed by atoms with Crippen LogP contribution in [0.2, 0.25) is 0 Å². The third-order valence-corrected chi connectivity index (χ3v) is 3.19. The van der Waals surface area contributed by atoms with Gasteiger partial charge in [-0.1, -0.05) is 38.1 Å². The van der Waals surface area contributed by atoms with E-state index >= 15 is 0 Å². The van der Waals surface area contributed by atoms with E-state index in [4.69, 9.17) is 4.74 Å². The van der Waals surface area contributed by atoms with Crippen LogP contribution in [0.5, 0.6) is 0 Å². The van der Waals surface area contributed by atoms with Crippen LogP contribution in [0.15, 0.2) is 24.3 Å². The van der Waals surface area contributed by atoms with E-state index in [1.54, 1.807) is 0 Å². The summed E-state index contributed by atoms with van der Waals surface area (Å²) in [6.45, 7) is 7.03. The minimum atomic E-state index is -4.31. The molecule has 0 fully saturated rings. The van der Waals surface area contributed by atoms with Crippen LogP contribution in [0.4, 0.5) is 13.2 Å². The maximum atomic E-state index is 12.4. The molecule has 0 aromatic heterocycles. The molecule has 0 heterocycles. The van der Waals surface area contributed by atoms with Crippen LogP contribution in [-0.2, 0) is 17.8 Å². The first-order valence-electron chi connectivity index (χ1n) is 7.26. The Bertz CT molecular complexity index is 418. The number of benzene rings is 1. The Morgan fingerprint density at radius 2 is 1.71 bits per heavy atom. The van der Waals surface area contributed by atoms with Crippen LogP contribution in [0.3, 0.4) is 0 Å². The van der Waals surface area contributed by atoms with Gasteiger partial charge in [0.1, 0.15) is 0 Å². The molecule has 0 aliphatic heterocycles. The maximum absolute atomic E-state index is 12.4. The highest BCUT2D eigenvalue weighted by Gasteiger charge is 2.36. The van der Waals surface area contributed by atoms with Crippen molar-refractivity contribution in [3.8, 4) is 0 Å². The Hall–Kier alpha value is -1.07. The van der Waals surface area contributed by atoms with E-state index in [1.165, 1.54) is 0 Å². The molecule has 1 rings (SSSR count). The van der Waals surface area contributed by atoms with Gasteiger partial charge in [0.05, 0.1) is 6.61 Å². The summed E-state index contributed by atoms with van der Waals surface area (Å²) < 4.78 is 42.3. The van der Waals surface area contributed by atoms with Gasteiger partial charge in [0.25, 0.3) is 0 Å². The zero-order valence-corrected chi connectivity index (χ0v) is 12.8. The molecule has 21 heavy (non-hydrogen) atoms. The summed E-state index contributed by atoms with van der Waals surface area (Å²) in [5, 5.41) is 3.33.